The third kappa shape index (κ3) is 5.81. The monoisotopic (exact) mass is 455 g/mol. The van der Waals surface area contributed by atoms with Crippen molar-refractivity contribution in [1.82, 2.24) is 15.0 Å². The Balaban J connectivity index is 1.40. The van der Waals surface area contributed by atoms with Crippen molar-refractivity contribution in [2.45, 2.75) is 5.03 Å². The van der Waals surface area contributed by atoms with Crippen LogP contribution in [-0.2, 0) is 0 Å². The number of hydrogen-bond acceptors (Lipinski definition) is 6. The lowest BCUT2D eigenvalue weighted by Crippen LogP contribution is -2.37. The van der Waals surface area contributed by atoms with Gasteiger partial charge in [0, 0.05) is 41.3 Å². The van der Waals surface area contributed by atoms with E-state index >= 15 is 0 Å². The van der Waals surface area contributed by atoms with Gasteiger partial charge < -0.3 is 5.73 Å². The molecule has 4 aromatic rings. The highest BCUT2D eigenvalue weighted by Gasteiger charge is 2.13. The topological polar surface area (TPSA) is 102 Å². The average molecular weight is 456 g/mol. The van der Waals surface area contributed by atoms with Crippen molar-refractivity contribution in [1.29, 1.82) is 0 Å². The minimum Gasteiger partial charge on any atom is -0.351 e. The predicted molar refractivity (Wildman–Crippen MR) is 131 cm³/mol. The van der Waals surface area contributed by atoms with Crippen LogP contribution in [0.4, 0.5) is 10.5 Å². The lowest BCUT2D eigenvalue weighted by atomic mass is 10.1. The van der Waals surface area contributed by atoms with E-state index in [1.54, 1.807) is 42.7 Å². The van der Waals surface area contributed by atoms with E-state index < -0.39 is 6.03 Å². The second-order valence-corrected chi connectivity index (χ2v) is 8.15. The summed E-state index contributed by atoms with van der Waals surface area (Å²) in [5.41, 5.74) is 7.50. The summed E-state index contributed by atoms with van der Waals surface area (Å²) in [7, 11) is 0. The molecular weight excluding hydrogens is 434 g/mol. The number of carbonyl (C=O) groups excluding carboxylic acids is 2. The maximum absolute atomic E-state index is 12.6. The number of fused-ring (bicyclic) bond motifs is 1. The number of carbonyl (C=O) groups is 2. The van der Waals surface area contributed by atoms with Crippen LogP contribution in [0.5, 0.6) is 0 Å². The lowest BCUT2D eigenvalue weighted by molar-refractivity contribution is 0.104. The summed E-state index contributed by atoms with van der Waals surface area (Å²) in [6, 6.07) is 19.6. The third-order valence-corrected chi connectivity index (χ3v) is 5.75. The SMILES string of the molecule is NC(=O)N(CCSc1ccccn1)c1ccc(C(=O)C=Cc2ncc3ccccc3n2)cc1. The number of thioether (sulfide) groups is 1. The van der Waals surface area contributed by atoms with Gasteiger partial charge in [-0.05, 0) is 54.6 Å². The molecule has 8 heteroatoms. The Bertz CT molecular complexity index is 1290. The summed E-state index contributed by atoms with van der Waals surface area (Å²) in [5, 5.41) is 1.82. The molecule has 2 aromatic carbocycles. The van der Waals surface area contributed by atoms with Crippen LogP contribution < -0.4 is 10.6 Å². The molecule has 0 aliphatic rings. The minimum absolute atomic E-state index is 0.186. The molecule has 33 heavy (non-hydrogen) atoms. The highest BCUT2D eigenvalue weighted by Crippen LogP contribution is 2.19. The Labute approximate surface area is 195 Å². The number of amides is 2. The quantitative estimate of drug-likeness (QED) is 0.237. The van der Waals surface area contributed by atoms with E-state index in [9.17, 15) is 9.59 Å². The van der Waals surface area contributed by atoms with Crippen LogP contribution in [0.1, 0.15) is 16.2 Å². The van der Waals surface area contributed by atoms with E-state index in [4.69, 9.17) is 5.73 Å². The molecule has 2 amide bonds. The van der Waals surface area contributed by atoms with E-state index in [0.29, 0.717) is 29.4 Å². The van der Waals surface area contributed by atoms with Crippen LogP contribution in [0, 0.1) is 0 Å². The standard InChI is InChI=1S/C25H21N5O2S/c26-25(32)30(15-16-33-24-7-3-4-14-27-24)20-10-8-18(9-11-20)22(31)12-13-23-28-17-19-5-1-2-6-21(19)29-23/h1-14,17H,15-16H2,(H2,26,32). The van der Waals surface area contributed by atoms with Gasteiger partial charge in [-0.1, -0.05) is 24.3 Å². The van der Waals surface area contributed by atoms with Crippen molar-refractivity contribution in [2.75, 3.05) is 17.2 Å². The Kier molecular flexibility index (Phi) is 7.06. The smallest absolute Gasteiger partial charge is 0.319 e. The van der Waals surface area contributed by atoms with E-state index in [1.807, 2.05) is 42.5 Å². The van der Waals surface area contributed by atoms with Gasteiger partial charge in [0.05, 0.1) is 10.5 Å². The zero-order chi connectivity index (χ0) is 23.0. The number of nitrogens with two attached hydrogens (primary N) is 1. The van der Waals surface area contributed by atoms with Gasteiger partial charge in [-0.2, -0.15) is 0 Å². The van der Waals surface area contributed by atoms with E-state index in [-0.39, 0.29) is 5.78 Å². The highest BCUT2D eigenvalue weighted by molar-refractivity contribution is 7.99. The molecule has 0 spiro atoms. The number of pyridine rings is 1. The number of benzene rings is 2. The summed E-state index contributed by atoms with van der Waals surface area (Å²) < 4.78 is 0. The van der Waals surface area contributed by atoms with Gasteiger partial charge in [0.2, 0.25) is 0 Å². The van der Waals surface area contributed by atoms with Gasteiger partial charge in [-0.15, -0.1) is 11.8 Å². The first-order chi connectivity index (χ1) is 16.1. The molecule has 0 aliphatic heterocycles. The van der Waals surface area contributed by atoms with Crippen LogP contribution >= 0.6 is 11.8 Å². The molecule has 0 unspecified atom stereocenters. The zero-order valence-corrected chi connectivity index (χ0v) is 18.5. The van der Waals surface area contributed by atoms with Crippen molar-refractivity contribution in [3.05, 3.63) is 96.6 Å². The first-order valence-electron chi connectivity index (χ1n) is 10.3. The summed E-state index contributed by atoms with van der Waals surface area (Å²) in [6.07, 6.45) is 6.48. The molecule has 0 saturated heterocycles. The van der Waals surface area contributed by atoms with Gasteiger partial charge in [-0.25, -0.2) is 19.7 Å². The van der Waals surface area contributed by atoms with Crippen molar-refractivity contribution < 1.29 is 9.59 Å². The normalized spacial score (nSPS) is 11.0. The molecule has 2 heterocycles. The lowest BCUT2D eigenvalue weighted by Gasteiger charge is -2.20. The van der Waals surface area contributed by atoms with Gasteiger partial charge in [0.1, 0.15) is 0 Å². The van der Waals surface area contributed by atoms with Crippen molar-refractivity contribution in [3.63, 3.8) is 0 Å². The number of allylic oxidation sites excluding steroid dienone is 1. The van der Waals surface area contributed by atoms with Crippen LogP contribution in [-0.4, -0.2) is 39.1 Å². The van der Waals surface area contributed by atoms with Gasteiger partial charge in [0.15, 0.2) is 11.6 Å². The number of para-hydroxylation sites is 1. The van der Waals surface area contributed by atoms with Crippen molar-refractivity contribution in [3.8, 4) is 0 Å². The van der Waals surface area contributed by atoms with Crippen molar-refractivity contribution in [2.24, 2.45) is 5.73 Å². The maximum atomic E-state index is 12.6. The molecule has 0 bridgehead atoms. The number of urea groups is 1. The van der Waals surface area contributed by atoms with E-state index in [2.05, 4.69) is 15.0 Å². The Morgan fingerprint density at radius 2 is 1.76 bits per heavy atom. The van der Waals surface area contributed by atoms with E-state index in [0.717, 1.165) is 15.9 Å². The third-order valence-electron chi connectivity index (χ3n) is 4.82. The minimum atomic E-state index is -0.552. The van der Waals surface area contributed by atoms with Crippen LogP contribution in [0.3, 0.4) is 0 Å². The fourth-order valence-electron chi connectivity index (χ4n) is 3.16. The van der Waals surface area contributed by atoms with Crippen LogP contribution in [0.15, 0.2) is 90.2 Å². The Morgan fingerprint density at radius 1 is 0.970 bits per heavy atom. The van der Waals surface area contributed by atoms with Crippen LogP contribution in [0.2, 0.25) is 0 Å². The van der Waals surface area contributed by atoms with Crippen molar-refractivity contribution >= 4 is 46.2 Å². The average Bonchev–Trinajstić information content (AvgIpc) is 2.85. The molecule has 0 radical (unpaired) electrons. The predicted octanol–water partition coefficient (Wildman–Crippen LogP) is 4.60. The Morgan fingerprint density at radius 3 is 2.52 bits per heavy atom. The summed E-state index contributed by atoms with van der Waals surface area (Å²) in [4.78, 5) is 38.9. The number of primary amides is 1. The first-order valence-corrected chi connectivity index (χ1v) is 11.2. The molecule has 7 nitrogen and oxygen atoms in total. The zero-order valence-electron chi connectivity index (χ0n) is 17.7. The highest BCUT2D eigenvalue weighted by atomic mass is 32.2. The largest absolute Gasteiger partial charge is 0.351 e. The molecule has 164 valence electrons. The number of nitrogens with zero attached hydrogens (tertiary/aromatic N) is 4. The number of aromatic nitrogens is 3. The van der Waals surface area contributed by atoms with Gasteiger partial charge in [-0.3, -0.25) is 9.69 Å². The molecule has 4 rings (SSSR count). The molecule has 2 N–H and O–H groups in total. The van der Waals surface area contributed by atoms with Gasteiger partial charge in [0.25, 0.3) is 0 Å². The summed E-state index contributed by atoms with van der Waals surface area (Å²) in [6.45, 7) is 0.420. The first kappa shape index (κ1) is 22.2. The maximum Gasteiger partial charge on any atom is 0.319 e. The number of ketones is 1. The summed E-state index contributed by atoms with van der Waals surface area (Å²) >= 11 is 1.54. The molecule has 0 fully saturated rings. The number of hydrogen-bond donors (Lipinski definition) is 1. The number of rotatable bonds is 8. The number of anilines is 1. The fraction of sp³-hybridized carbons (Fsp3) is 0.0800. The second-order valence-electron chi connectivity index (χ2n) is 7.04. The molecule has 0 aliphatic carbocycles. The second kappa shape index (κ2) is 10.5. The van der Waals surface area contributed by atoms with E-state index in [1.165, 1.54) is 22.7 Å². The molecule has 0 atom stereocenters. The fourth-order valence-corrected chi connectivity index (χ4v) is 3.95. The Hall–Kier alpha value is -4.04. The molecule has 0 saturated carbocycles. The summed E-state index contributed by atoms with van der Waals surface area (Å²) in [5.74, 6) is 0.911. The van der Waals surface area contributed by atoms with Gasteiger partial charge >= 0.3 is 6.03 Å². The molecular formula is C25H21N5O2S. The molecule has 2 aromatic heterocycles. The van der Waals surface area contributed by atoms with Crippen LogP contribution in [0.25, 0.3) is 17.0 Å².